The lowest BCUT2D eigenvalue weighted by atomic mass is 9.33. The number of fused-ring (bicyclic) bond motifs is 4. The highest BCUT2D eigenvalue weighted by atomic mass is 15.2. The minimum absolute atomic E-state index is 0.0142. The van der Waals surface area contributed by atoms with Crippen LogP contribution in [0.25, 0.3) is 38.8 Å². The van der Waals surface area contributed by atoms with Crippen molar-refractivity contribution in [3.05, 3.63) is 151 Å². The summed E-state index contributed by atoms with van der Waals surface area (Å²) in [5, 5.41) is 2.66. The molecular weight excluding hydrogens is 543 g/mol. The van der Waals surface area contributed by atoms with Crippen LogP contribution in [0.5, 0.6) is 0 Å². The van der Waals surface area contributed by atoms with Crippen molar-refractivity contribution in [1.82, 2.24) is 4.57 Å². The van der Waals surface area contributed by atoms with E-state index >= 15 is 0 Å². The fourth-order valence-electron chi connectivity index (χ4n) is 7.74. The van der Waals surface area contributed by atoms with Crippen molar-refractivity contribution in [1.29, 1.82) is 0 Å². The van der Waals surface area contributed by atoms with Gasteiger partial charge in [0.05, 0.1) is 5.69 Å². The second-order valence-corrected chi connectivity index (χ2v) is 13.4. The number of rotatable bonds is 3. The van der Waals surface area contributed by atoms with E-state index in [9.17, 15) is 0 Å². The molecule has 0 unspecified atom stereocenters. The summed E-state index contributed by atoms with van der Waals surface area (Å²) in [4.78, 5) is 2.50. The van der Waals surface area contributed by atoms with Gasteiger partial charge in [-0.05, 0) is 75.0 Å². The van der Waals surface area contributed by atoms with Crippen molar-refractivity contribution in [2.75, 3.05) is 4.90 Å². The van der Waals surface area contributed by atoms with Gasteiger partial charge < -0.3 is 9.47 Å². The maximum atomic E-state index is 2.56. The van der Waals surface area contributed by atoms with Gasteiger partial charge in [-0.25, -0.2) is 0 Å². The van der Waals surface area contributed by atoms with Crippen LogP contribution in [0.15, 0.2) is 146 Å². The van der Waals surface area contributed by atoms with E-state index in [1.54, 1.807) is 0 Å². The van der Waals surface area contributed by atoms with E-state index in [0.29, 0.717) is 0 Å². The molecule has 3 heterocycles. The number of benzene rings is 6. The Hall–Kier alpha value is -5.28. The molecule has 0 aliphatic carbocycles. The molecule has 2 aliphatic rings. The quantitative estimate of drug-likeness (QED) is 0.191. The lowest BCUT2D eigenvalue weighted by Gasteiger charge is -2.41. The Balaban J connectivity index is 1.49. The van der Waals surface area contributed by atoms with Gasteiger partial charge in [0, 0.05) is 39.1 Å². The Morgan fingerprint density at radius 1 is 0.556 bits per heavy atom. The van der Waals surface area contributed by atoms with Crippen LogP contribution in [0.4, 0.5) is 17.1 Å². The first kappa shape index (κ1) is 26.2. The standard InChI is InChI=1S/C42H33BN2/c1-42(2,3)29-26-34-32-22-15-23-33-38(32)41(45(31-20-11-6-12-21-31)40(33)28-16-7-4-8-17-28)43-35-24-13-14-25-36(35)44(37(27-29)39(34)43)30-18-9-5-10-19-30/h4-27H,1-3H3. The largest absolute Gasteiger partial charge is 0.320 e. The highest BCUT2D eigenvalue weighted by molar-refractivity contribution is 7.00. The van der Waals surface area contributed by atoms with Crippen LogP contribution < -0.4 is 21.4 Å². The molecule has 0 spiro atoms. The number of hydrogen-bond acceptors (Lipinski definition) is 1. The van der Waals surface area contributed by atoms with Gasteiger partial charge in [0.1, 0.15) is 0 Å². The summed E-state index contributed by atoms with van der Waals surface area (Å²) in [6.45, 7) is 7.06. The van der Waals surface area contributed by atoms with Gasteiger partial charge in [0.15, 0.2) is 0 Å². The third kappa shape index (κ3) is 3.77. The zero-order chi connectivity index (χ0) is 30.3. The highest BCUT2D eigenvalue weighted by Gasteiger charge is 2.44. The number of nitrogens with zero attached hydrogens (tertiary/aromatic N) is 2. The van der Waals surface area contributed by atoms with Crippen molar-refractivity contribution in [2.45, 2.75) is 26.2 Å². The highest BCUT2D eigenvalue weighted by Crippen LogP contribution is 2.46. The molecule has 0 saturated heterocycles. The van der Waals surface area contributed by atoms with Gasteiger partial charge in [-0.15, -0.1) is 0 Å². The van der Waals surface area contributed by atoms with Crippen LogP contribution in [-0.2, 0) is 5.41 Å². The molecule has 0 amide bonds. The van der Waals surface area contributed by atoms with Crippen LogP contribution in [0.2, 0.25) is 0 Å². The van der Waals surface area contributed by atoms with Gasteiger partial charge in [0.2, 0.25) is 0 Å². The minimum Gasteiger partial charge on any atom is -0.320 e. The first-order valence-corrected chi connectivity index (χ1v) is 15.9. The molecule has 3 heteroatoms. The van der Waals surface area contributed by atoms with Crippen molar-refractivity contribution in [2.24, 2.45) is 0 Å². The first-order chi connectivity index (χ1) is 22.0. The monoisotopic (exact) mass is 576 g/mol. The number of aromatic nitrogens is 1. The summed E-state index contributed by atoms with van der Waals surface area (Å²) < 4.78 is 2.56. The third-order valence-corrected chi connectivity index (χ3v) is 9.72. The average Bonchev–Trinajstić information content (AvgIpc) is 3.43. The van der Waals surface area contributed by atoms with E-state index < -0.39 is 0 Å². The average molecular weight is 577 g/mol. The molecule has 45 heavy (non-hydrogen) atoms. The zero-order valence-corrected chi connectivity index (χ0v) is 25.8. The molecule has 0 fully saturated rings. The van der Waals surface area contributed by atoms with E-state index in [-0.39, 0.29) is 12.1 Å². The molecule has 0 radical (unpaired) electrons. The molecular formula is C42H33BN2. The molecule has 0 atom stereocenters. The third-order valence-electron chi connectivity index (χ3n) is 9.72. The predicted molar refractivity (Wildman–Crippen MR) is 192 cm³/mol. The van der Waals surface area contributed by atoms with Crippen LogP contribution in [0.3, 0.4) is 0 Å². The van der Waals surface area contributed by atoms with E-state index in [2.05, 4.69) is 176 Å². The Labute approximate surface area is 265 Å². The summed E-state index contributed by atoms with van der Waals surface area (Å²) >= 11 is 0. The second kappa shape index (κ2) is 9.61. The first-order valence-electron chi connectivity index (χ1n) is 15.9. The zero-order valence-electron chi connectivity index (χ0n) is 25.8. The molecule has 0 bridgehead atoms. The molecule has 6 aromatic carbocycles. The van der Waals surface area contributed by atoms with Crippen molar-refractivity contribution in [3.8, 4) is 28.1 Å². The van der Waals surface area contributed by atoms with Crippen molar-refractivity contribution < 1.29 is 0 Å². The fraction of sp³-hybridized carbons (Fsp3) is 0.0952. The Kier molecular flexibility index (Phi) is 5.59. The van der Waals surface area contributed by atoms with Crippen LogP contribution >= 0.6 is 0 Å². The molecule has 7 aromatic rings. The van der Waals surface area contributed by atoms with Gasteiger partial charge in [0.25, 0.3) is 6.71 Å². The van der Waals surface area contributed by atoms with Gasteiger partial charge in [-0.3, -0.25) is 0 Å². The number of hydrogen-bond donors (Lipinski definition) is 0. The van der Waals surface area contributed by atoms with E-state index in [4.69, 9.17) is 0 Å². The lowest BCUT2D eigenvalue weighted by Crippen LogP contribution is -2.61. The summed E-state index contributed by atoms with van der Waals surface area (Å²) in [6, 6.07) is 53.7. The minimum atomic E-state index is -0.0142. The van der Waals surface area contributed by atoms with Gasteiger partial charge >= 0.3 is 0 Å². The van der Waals surface area contributed by atoms with Crippen molar-refractivity contribution >= 4 is 51.1 Å². The Morgan fingerprint density at radius 2 is 1.20 bits per heavy atom. The van der Waals surface area contributed by atoms with Crippen molar-refractivity contribution in [3.63, 3.8) is 0 Å². The van der Waals surface area contributed by atoms with E-state index in [1.807, 2.05) is 0 Å². The Bertz CT molecular complexity index is 2240. The number of anilines is 3. The molecule has 2 aliphatic heterocycles. The molecule has 2 nitrogen and oxygen atoms in total. The normalized spacial score (nSPS) is 13.1. The summed E-state index contributed by atoms with van der Waals surface area (Å²) in [5.74, 6) is 0. The summed E-state index contributed by atoms with van der Waals surface area (Å²) in [6.07, 6.45) is 0. The van der Waals surface area contributed by atoms with E-state index in [1.165, 1.54) is 78.0 Å². The SMILES string of the molecule is CC(C)(C)c1cc2c3c(c1)N(c1ccccc1)c1ccccc1B3c1c3c-2cccc3c(-c2ccccc2)n1-c1ccccc1. The maximum absolute atomic E-state index is 2.56. The van der Waals surface area contributed by atoms with Gasteiger partial charge in [-0.2, -0.15) is 0 Å². The van der Waals surface area contributed by atoms with Crippen LogP contribution in [0, 0.1) is 0 Å². The molecule has 0 saturated carbocycles. The molecule has 0 N–H and O–H groups in total. The second-order valence-electron chi connectivity index (χ2n) is 13.4. The van der Waals surface area contributed by atoms with E-state index in [0.717, 1.165) is 0 Å². The maximum Gasteiger partial charge on any atom is 0.269 e. The van der Waals surface area contributed by atoms with Crippen LogP contribution in [-0.4, -0.2) is 11.3 Å². The van der Waals surface area contributed by atoms with Crippen LogP contribution in [0.1, 0.15) is 26.3 Å². The Morgan fingerprint density at radius 3 is 1.91 bits per heavy atom. The molecule has 1 aromatic heterocycles. The predicted octanol–water partition coefficient (Wildman–Crippen LogP) is 8.87. The molecule has 214 valence electrons. The molecule has 9 rings (SSSR count). The smallest absolute Gasteiger partial charge is 0.269 e. The fourth-order valence-corrected chi connectivity index (χ4v) is 7.74. The lowest BCUT2D eigenvalue weighted by molar-refractivity contribution is 0.590. The summed E-state index contributed by atoms with van der Waals surface area (Å²) in [5.41, 5.74) is 15.4. The summed E-state index contributed by atoms with van der Waals surface area (Å²) in [7, 11) is 0. The number of para-hydroxylation sites is 3. The topological polar surface area (TPSA) is 8.17 Å². The van der Waals surface area contributed by atoms with Gasteiger partial charge in [-0.1, -0.05) is 130 Å².